The fourth-order valence-corrected chi connectivity index (χ4v) is 3.63. The molecule has 0 aliphatic heterocycles. The van der Waals surface area contributed by atoms with E-state index in [1.807, 2.05) is 49.5 Å². The first-order valence-electron chi connectivity index (χ1n) is 9.70. The number of rotatable bonds is 6. The van der Waals surface area contributed by atoms with Gasteiger partial charge in [-0.1, -0.05) is 37.6 Å². The Morgan fingerprint density at radius 3 is 2.66 bits per heavy atom. The van der Waals surface area contributed by atoms with Crippen molar-refractivity contribution in [2.24, 2.45) is 5.73 Å². The topological polar surface area (TPSA) is 68.0 Å². The van der Waals surface area contributed by atoms with E-state index in [1.165, 1.54) is 0 Å². The lowest BCUT2D eigenvalue weighted by atomic mass is 9.92. The fourth-order valence-electron chi connectivity index (χ4n) is 3.44. The maximum absolute atomic E-state index is 12.9. The van der Waals surface area contributed by atoms with E-state index in [0.717, 1.165) is 33.4 Å². The average Bonchev–Trinajstić information content (AvgIpc) is 2.71. The van der Waals surface area contributed by atoms with Gasteiger partial charge in [0, 0.05) is 36.1 Å². The number of nitrogens with one attached hydrogen (secondary N) is 1. The molecule has 3 N–H and O–H groups in total. The monoisotopic (exact) mass is 407 g/mol. The van der Waals surface area contributed by atoms with Crippen molar-refractivity contribution in [3.8, 4) is 11.1 Å². The Hall–Kier alpha value is -2.69. The number of amides is 1. The molecular formula is C24H26ClN3O. The number of halogens is 1. The van der Waals surface area contributed by atoms with Crippen molar-refractivity contribution >= 4 is 17.5 Å². The number of nitrogens with zero attached hydrogens (tertiary/aromatic N) is 1. The van der Waals surface area contributed by atoms with Crippen LogP contribution in [0, 0.1) is 6.92 Å². The Bertz CT molecular complexity index is 1030. The van der Waals surface area contributed by atoms with E-state index in [0.29, 0.717) is 29.6 Å². The van der Waals surface area contributed by atoms with Gasteiger partial charge >= 0.3 is 0 Å². The van der Waals surface area contributed by atoms with E-state index in [-0.39, 0.29) is 5.91 Å². The summed E-state index contributed by atoms with van der Waals surface area (Å²) in [7, 11) is 0. The first-order valence-corrected chi connectivity index (χ1v) is 10.1. The van der Waals surface area contributed by atoms with Crippen LogP contribution in [-0.4, -0.2) is 10.9 Å². The summed E-state index contributed by atoms with van der Waals surface area (Å²) < 4.78 is 0. The largest absolute Gasteiger partial charge is 0.348 e. The van der Waals surface area contributed by atoms with Gasteiger partial charge in [-0.25, -0.2) is 0 Å². The number of carbonyl (C=O) groups is 1. The molecule has 2 aromatic carbocycles. The van der Waals surface area contributed by atoms with Gasteiger partial charge in [0.25, 0.3) is 5.91 Å². The predicted octanol–water partition coefficient (Wildman–Crippen LogP) is 5.22. The van der Waals surface area contributed by atoms with Crippen molar-refractivity contribution in [3.05, 3.63) is 87.7 Å². The Labute approximate surface area is 177 Å². The summed E-state index contributed by atoms with van der Waals surface area (Å²) in [5.41, 5.74) is 12.6. The van der Waals surface area contributed by atoms with Crippen LogP contribution in [0.5, 0.6) is 0 Å². The fraction of sp³-hybridized carbons (Fsp3) is 0.250. The molecular weight excluding hydrogens is 382 g/mol. The molecule has 0 radical (unpaired) electrons. The van der Waals surface area contributed by atoms with Gasteiger partial charge in [-0.3, -0.25) is 9.78 Å². The number of carbonyl (C=O) groups excluding carboxylic acids is 1. The first-order chi connectivity index (χ1) is 13.9. The van der Waals surface area contributed by atoms with Gasteiger partial charge in [0.05, 0.1) is 0 Å². The third-order valence-corrected chi connectivity index (χ3v) is 5.19. The lowest BCUT2D eigenvalue weighted by molar-refractivity contribution is 0.0951. The lowest BCUT2D eigenvalue weighted by Gasteiger charge is -2.14. The third-order valence-electron chi connectivity index (χ3n) is 4.95. The molecule has 1 aromatic heterocycles. The van der Waals surface area contributed by atoms with Crippen LogP contribution in [0.15, 0.2) is 54.9 Å². The summed E-state index contributed by atoms with van der Waals surface area (Å²) in [6.07, 6.45) is 3.69. The van der Waals surface area contributed by atoms with Crippen molar-refractivity contribution in [1.29, 1.82) is 0 Å². The van der Waals surface area contributed by atoms with Crippen molar-refractivity contribution < 1.29 is 4.79 Å². The van der Waals surface area contributed by atoms with Crippen LogP contribution in [-0.2, 0) is 13.1 Å². The number of aryl methyl sites for hydroxylation is 1. The summed E-state index contributed by atoms with van der Waals surface area (Å²) in [6.45, 7) is 7.06. The van der Waals surface area contributed by atoms with Crippen LogP contribution in [0.3, 0.4) is 0 Å². The zero-order valence-electron chi connectivity index (χ0n) is 17.0. The van der Waals surface area contributed by atoms with Gasteiger partial charge in [0.1, 0.15) is 0 Å². The highest BCUT2D eigenvalue weighted by atomic mass is 35.5. The SMILES string of the molecule is Cc1cc(C(=O)NCc2cc(Cl)ccc2CN)cc(-c2ccncc2C(C)C)c1. The number of nitrogens with two attached hydrogens (primary N) is 1. The highest BCUT2D eigenvalue weighted by Crippen LogP contribution is 2.30. The predicted molar refractivity (Wildman–Crippen MR) is 119 cm³/mol. The molecule has 0 bridgehead atoms. The van der Waals surface area contributed by atoms with Crippen LogP contribution in [0.1, 0.15) is 52.4 Å². The molecule has 150 valence electrons. The van der Waals surface area contributed by atoms with Gasteiger partial charge in [-0.05, 0) is 76.6 Å². The third kappa shape index (κ3) is 5.03. The minimum atomic E-state index is -0.127. The summed E-state index contributed by atoms with van der Waals surface area (Å²) in [5.74, 6) is 0.215. The van der Waals surface area contributed by atoms with Gasteiger partial charge < -0.3 is 11.1 Å². The summed E-state index contributed by atoms with van der Waals surface area (Å²) >= 11 is 6.10. The highest BCUT2D eigenvalue weighted by Gasteiger charge is 2.13. The van der Waals surface area contributed by atoms with E-state index >= 15 is 0 Å². The van der Waals surface area contributed by atoms with Gasteiger partial charge in [0.15, 0.2) is 0 Å². The van der Waals surface area contributed by atoms with E-state index < -0.39 is 0 Å². The van der Waals surface area contributed by atoms with Crippen LogP contribution in [0.4, 0.5) is 0 Å². The number of hydrogen-bond acceptors (Lipinski definition) is 3. The van der Waals surface area contributed by atoms with Crippen molar-refractivity contribution in [1.82, 2.24) is 10.3 Å². The molecule has 3 rings (SSSR count). The van der Waals surface area contributed by atoms with Crippen molar-refractivity contribution in [2.45, 2.75) is 39.8 Å². The summed E-state index contributed by atoms with van der Waals surface area (Å²) in [5, 5.41) is 3.62. The van der Waals surface area contributed by atoms with Crippen molar-refractivity contribution in [3.63, 3.8) is 0 Å². The van der Waals surface area contributed by atoms with Crippen LogP contribution >= 0.6 is 11.6 Å². The number of pyridine rings is 1. The summed E-state index contributed by atoms with van der Waals surface area (Å²) in [4.78, 5) is 17.1. The molecule has 5 heteroatoms. The molecule has 0 aliphatic rings. The molecule has 0 unspecified atom stereocenters. The van der Waals surface area contributed by atoms with Crippen LogP contribution in [0.25, 0.3) is 11.1 Å². The zero-order chi connectivity index (χ0) is 21.0. The second-order valence-corrected chi connectivity index (χ2v) is 7.94. The van der Waals surface area contributed by atoms with E-state index in [9.17, 15) is 4.79 Å². The summed E-state index contributed by atoms with van der Waals surface area (Å²) in [6, 6.07) is 13.5. The number of benzene rings is 2. The Balaban J connectivity index is 1.87. The molecule has 3 aromatic rings. The Morgan fingerprint density at radius 1 is 1.14 bits per heavy atom. The van der Waals surface area contributed by atoms with Crippen LogP contribution in [0.2, 0.25) is 5.02 Å². The minimum absolute atomic E-state index is 0.127. The van der Waals surface area contributed by atoms with E-state index in [4.69, 9.17) is 17.3 Å². The standard InChI is InChI=1S/C24H26ClN3O/c1-15(2)23-14-27-7-6-22(23)18-8-16(3)9-19(10-18)24(29)28-13-20-11-21(25)5-4-17(20)12-26/h4-11,14-15H,12-13,26H2,1-3H3,(H,28,29). The molecule has 1 amide bonds. The molecule has 0 aliphatic carbocycles. The number of hydrogen-bond donors (Lipinski definition) is 2. The molecule has 0 spiro atoms. The smallest absolute Gasteiger partial charge is 0.251 e. The molecule has 0 saturated heterocycles. The molecule has 0 atom stereocenters. The van der Waals surface area contributed by atoms with E-state index in [1.54, 1.807) is 6.20 Å². The minimum Gasteiger partial charge on any atom is -0.348 e. The highest BCUT2D eigenvalue weighted by molar-refractivity contribution is 6.30. The zero-order valence-corrected chi connectivity index (χ0v) is 17.8. The molecule has 0 saturated carbocycles. The molecule has 1 heterocycles. The first kappa shape index (κ1) is 21.0. The van der Waals surface area contributed by atoms with Gasteiger partial charge in [-0.2, -0.15) is 0 Å². The number of aromatic nitrogens is 1. The van der Waals surface area contributed by atoms with Crippen molar-refractivity contribution in [2.75, 3.05) is 0 Å². The molecule has 4 nitrogen and oxygen atoms in total. The maximum atomic E-state index is 12.9. The second-order valence-electron chi connectivity index (χ2n) is 7.51. The lowest BCUT2D eigenvalue weighted by Crippen LogP contribution is -2.24. The van der Waals surface area contributed by atoms with Gasteiger partial charge in [-0.15, -0.1) is 0 Å². The Morgan fingerprint density at radius 2 is 1.93 bits per heavy atom. The molecule has 0 fully saturated rings. The molecule has 29 heavy (non-hydrogen) atoms. The maximum Gasteiger partial charge on any atom is 0.251 e. The van der Waals surface area contributed by atoms with Crippen LogP contribution < -0.4 is 11.1 Å². The Kier molecular flexibility index (Phi) is 6.68. The quantitative estimate of drug-likeness (QED) is 0.588. The normalized spacial score (nSPS) is 11.0. The van der Waals surface area contributed by atoms with E-state index in [2.05, 4.69) is 30.2 Å². The second kappa shape index (κ2) is 9.21. The van der Waals surface area contributed by atoms with Gasteiger partial charge in [0.2, 0.25) is 0 Å². The average molecular weight is 408 g/mol.